The van der Waals surface area contributed by atoms with Gasteiger partial charge in [0.25, 0.3) is 5.91 Å². The van der Waals surface area contributed by atoms with Gasteiger partial charge in [-0.25, -0.2) is 9.98 Å². The summed E-state index contributed by atoms with van der Waals surface area (Å²) >= 11 is 1.66. The summed E-state index contributed by atoms with van der Waals surface area (Å²) in [6, 6.07) is 7.82. The SMILES string of the molecule is CCNC(=NCc1ccc(C(=O)NC(C)CC)cc1)N(C)Cc1csc(C)n1. The number of benzene rings is 1. The number of thiazole rings is 1. The van der Waals surface area contributed by atoms with Gasteiger partial charge in [-0.05, 0) is 44.9 Å². The van der Waals surface area contributed by atoms with Gasteiger partial charge in [0.15, 0.2) is 5.96 Å². The molecule has 0 bridgehead atoms. The maximum atomic E-state index is 12.2. The highest BCUT2D eigenvalue weighted by Crippen LogP contribution is 2.11. The van der Waals surface area contributed by atoms with Crippen molar-refractivity contribution < 1.29 is 4.79 Å². The number of hydrogen-bond donors (Lipinski definition) is 2. The second-order valence-electron chi connectivity index (χ2n) is 6.86. The molecule has 2 N–H and O–H groups in total. The number of aromatic nitrogens is 1. The lowest BCUT2D eigenvalue weighted by molar-refractivity contribution is 0.0939. The van der Waals surface area contributed by atoms with Crippen LogP contribution in [0.2, 0.25) is 0 Å². The van der Waals surface area contributed by atoms with Crippen LogP contribution in [-0.2, 0) is 13.1 Å². The fourth-order valence-corrected chi connectivity index (χ4v) is 3.21. The first-order valence-electron chi connectivity index (χ1n) is 9.73. The lowest BCUT2D eigenvalue weighted by atomic mass is 10.1. The molecule has 1 amide bonds. The van der Waals surface area contributed by atoms with Crippen molar-refractivity contribution in [2.24, 2.45) is 4.99 Å². The molecule has 0 aliphatic carbocycles. The molecule has 1 atom stereocenters. The molecular weight excluding hydrogens is 370 g/mol. The van der Waals surface area contributed by atoms with E-state index in [-0.39, 0.29) is 11.9 Å². The van der Waals surface area contributed by atoms with Crippen molar-refractivity contribution in [3.05, 3.63) is 51.5 Å². The molecule has 0 aliphatic rings. The predicted molar refractivity (Wildman–Crippen MR) is 117 cm³/mol. The van der Waals surface area contributed by atoms with Gasteiger partial charge in [0.05, 0.1) is 23.8 Å². The monoisotopic (exact) mass is 401 g/mol. The number of amides is 1. The topological polar surface area (TPSA) is 69.6 Å². The van der Waals surface area contributed by atoms with Crippen molar-refractivity contribution in [2.75, 3.05) is 13.6 Å². The first-order valence-corrected chi connectivity index (χ1v) is 10.6. The van der Waals surface area contributed by atoms with E-state index in [0.717, 1.165) is 35.2 Å². The lowest BCUT2D eigenvalue weighted by Crippen LogP contribution is -2.38. The zero-order valence-electron chi connectivity index (χ0n) is 17.5. The quantitative estimate of drug-likeness (QED) is 0.524. The average molecular weight is 402 g/mol. The van der Waals surface area contributed by atoms with Gasteiger partial charge in [-0.3, -0.25) is 4.79 Å². The number of nitrogens with one attached hydrogen (secondary N) is 2. The van der Waals surface area contributed by atoms with Crippen LogP contribution in [0.25, 0.3) is 0 Å². The van der Waals surface area contributed by atoms with Crippen LogP contribution in [0.4, 0.5) is 0 Å². The molecule has 2 aromatic rings. The van der Waals surface area contributed by atoms with Crippen LogP contribution in [0.15, 0.2) is 34.6 Å². The molecule has 152 valence electrons. The smallest absolute Gasteiger partial charge is 0.251 e. The molecular formula is C21H31N5OS. The van der Waals surface area contributed by atoms with Crippen LogP contribution in [0.1, 0.15) is 53.8 Å². The highest BCUT2D eigenvalue weighted by Gasteiger charge is 2.10. The maximum absolute atomic E-state index is 12.2. The van der Waals surface area contributed by atoms with E-state index < -0.39 is 0 Å². The number of carbonyl (C=O) groups excluding carboxylic acids is 1. The van der Waals surface area contributed by atoms with E-state index in [2.05, 4.69) is 39.7 Å². The minimum absolute atomic E-state index is 0.0315. The normalized spacial score (nSPS) is 12.5. The van der Waals surface area contributed by atoms with Crippen LogP contribution in [-0.4, -0.2) is 41.4 Å². The summed E-state index contributed by atoms with van der Waals surface area (Å²) in [6.07, 6.45) is 0.916. The number of hydrogen-bond acceptors (Lipinski definition) is 4. The number of guanidine groups is 1. The number of aliphatic imine (C=N–C) groups is 1. The molecule has 7 heteroatoms. The molecule has 0 aliphatic heterocycles. The number of rotatable bonds is 8. The third-order valence-electron chi connectivity index (χ3n) is 4.38. The summed E-state index contributed by atoms with van der Waals surface area (Å²) in [5, 5.41) is 9.46. The van der Waals surface area contributed by atoms with E-state index in [0.29, 0.717) is 18.7 Å². The summed E-state index contributed by atoms with van der Waals surface area (Å²) in [7, 11) is 2.01. The van der Waals surface area contributed by atoms with E-state index in [1.807, 2.05) is 45.2 Å². The van der Waals surface area contributed by atoms with Gasteiger partial charge in [0.2, 0.25) is 0 Å². The van der Waals surface area contributed by atoms with Crippen molar-refractivity contribution in [1.82, 2.24) is 20.5 Å². The van der Waals surface area contributed by atoms with Crippen molar-refractivity contribution >= 4 is 23.2 Å². The molecule has 0 spiro atoms. The van der Waals surface area contributed by atoms with E-state index in [4.69, 9.17) is 4.99 Å². The Morgan fingerprint density at radius 3 is 2.57 bits per heavy atom. The molecule has 1 aromatic heterocycles. The van der Waals surface area contributed by atoms with Gasteiger partial charge in [0.1, 0.15) is 0 Å². The van der Waals surface area contributed by atoms with Gasteiger partial charge < -0.3 is 15.5 Å². The van der Waals surface area contributed by atoms with E-state index >= 15 is 0 Å². The summed E-state index contributed by atoms with van der Waals surface area (Å²) in [5.74, 6) is 0.808. The zero-order chi connectivity index (χ0) is 20.5. The highest BCUT2D eigenvalue weighted by atomic mass is 32.1. The van der Waals surface area contributed by atoms with Crippen LogP contribution >= 0.6 is 11.3 Å². The van der Waals surface area contributed by atoms with E-state index in [1.165, 1.54) is 0 Å². The number of carbonyl (C=O) groups is 1. The molecule has 6 nitrogen and oxygen atoms in total. The Labute approximate surface area is 172 Å². The van der Waals surface area contributed by atoms with E-state index in [1.54, 1.807) is 11.3 Å². The van der Waals surface area contributed by atoms with Crippen molar-refractivity contribution in [3.8, 4) is 0 Å². The first kappa shape index (κ1) is 21.9. The summed E-state index contributed by atoms with van der Waals surface area (Å²) in [6.45, 7) is 10.2. The Balaban J connectivity index is 2.00. The van der Waals surface area contributed by atoms with Gasteiger partial charge in [-0.15, -0.1) is 11.3 Å². The highest BCUT2D eigenvalue weighted by molar-refractivity contribution is 7.09. The largest absolute Gasteiger partial charge is 0.357 e. The fourth-order valence-electron chi connectivity index (χ4n) is 2.61. The second-order valence-corrected chi connectivity index (χ2v) is 7.93. The maximum Gasteiger partial charge on any atom is 0.251 e. The Morgan fingerprint density at radius 2 is 2.00 bits per heavy atom. The van der Waals surface area contributed by atoms with Gasteiger partial charge in [0, 0.05) is 30.6 Å². The predicted octanol–water partition coefficient (Wildman–Crippen LogP) is 3.58. The molecule has 0 radical (unpaired) electrons. The van der Waals surface area contributed by atoms with Gasteiger partial charge in [-0.2, -0.15) is 0 Å². The van der Waals surface area contributed by atoms with E-state index in [9.17, 15) is 4.79 Å². The molecule has 2 rings (SSSR count). The van der Waals surface area contributed by atoms with Gasteiger partial charge in [-0.1, -0.05) is 19.1 Å². The number of nitrogens with zero attached hydrogens (tertiary/aromatic N) is 3. The van der Waals surface area contributed by atoms with Crippen molar-refractivity contribution in [2.45, 2.75) is 53.2 Å². The lowest BCUT2D eigenvalue weighted by Gasteiger charge is -2.21. The summed E-state index contributed by atoms with van der Waals surface area (Å²) in [5.41, 5.74) is 2.79. The van der Waals surface area contributed by atoms with Crippen LogP contribution < -0.4 is 10.6 Å². The molecule has 28 heavy (non-hydrogen) atoms. The standard InChI is InChI=1S/C21H31N5OS/c1-6-15(3)24-20(27)18-10-8-17(9-11-18)12-23-21(22-7-2)26(5)13-19-14-28-16(4)25-19/h8-11,14-15H,6-7,12-13H2,1-5H3,(H,22,23)(H,24,27). The second kappa shape index (κ2) is 10.8. The van der Waals surface area contributed by atoms with Crippen LogP contribution in [0, 0.1) is 6.92 Å². The van der Waals surface area contributed by atoms with Crippen molar-refractivity contribution in [3.63, 3.8) is 0 Å². The molecule has 1 aromatic carbocycles. The van der Waals surface area contributed by atoms with Crippen LogP contribution in [0.5, 0.6) is 0 Å². The fraction of sp³-hybridized carbons (Fsp3) is 0.476. The summed E-state index contributed by atoms with van der Waals surface area (Å²) in [4.78, 5) is 23.5. The Hall–Kier alpha value is -2.41. The average Bonchev–Trinajstić information content (AvgIpc) is 3.09. The minimum Gasteiger partial charge on any atom is -0.357 e. The summed E-state index contributed by atoms with van der Waals surface area (Å²) < 4.78 is 0. The Kier molecular flexibility index (Phi) is 8.44. The van der Waals surface area contributed by atoms with Gasteiger partial charge >= 0.3 is 0 Å². The van der Waals surface area contributed by atoms with Crippen LogP contribution in [0.3, 0.4) is 0 Å². The Bertz CT molecular complexity index is 784. The third kappa shape index (κ3) is 6.64. The molecule has 1 heterocycles. The third-order valence-corrected chi connectivity index (χ3v) is 5.20. The molecule has 0 saturated heterocycles. The van der Waals surface area contributed by atoms with Crippen molar-refractivity contribution in [1.29, 1.82) is 0 Å². The molecule has 1 unspecified atom stereocenters. The number of aryl methyl sites for hydroxylation is 1. The zero-order valence-corrected chi connectivity index (χ0v) is 18.3. The first-order chi connectivity index (χ1) is 13.4. The molecule has 0 fully saturated rings. The molecule has 0 saturated carbocycles. The Morgan fingerprint density at radius 1 is 1.29 bits per heavy atom. The minimum atomic E-state index is -0.0315.